The molecule has 0 radical (unpaired) electrons. The smallest absolute Gasteiger partial charge is 0.407 e. The Bertz CT molecular complexity index is 738. The third-order valence-electron chi connectivity index (χ3n) is 5.63. The van der Waals surface area contributed by atoms with E-state index in [-0.39, 0.29) is 12.2 Å². The van der Waals surface area contributed by atoms with Crippen LogP contribution in [-0.4, -0.2) is 98.4 Å². The quantitative estimate of drug-likeness (QED) is 0.0858. The molecule has 0 saturated carbocycles. The Morgan fingerprint density at radius 3 is 1.30 bits per heavy atom. The zero-order chi connectivity index (χ0) is 30.8. The minimum Gasteiger partial charge on any atom is -0.444 e. The van der Waals surface area contributed by atoms with E-state index < -0.39 is 22.6 Å². The number of hydrogen-bond donors (Lipinski definition) is 6. The van der Waals surface area contributed by atoms with Crippen LogP contribution in [0.2, 0.25) is 0 Å². The molecule has 2 rings (SSSR count). The van der Waals surface area contributed by atoms with Crippen LogP contribution in [-0.2, 0) is 20.8 Å². The summed E-state index contributed by atoms with van der Waals surface area (Å²) in [5.74, 6) is 11.2. The lowest BCUT2D eigenvalue weighted by atomic mass is 9.97. The molecule has 0 spiro atoms. The molecule has 0 aromatic heterocycles. The minimum atomic E-state index is -2.61. The van der Waals surface area contributed by atoms with Crippen molar-refractivity contribution in [1.82, 2.24) is 20.4 Å². The van der Waals surface area contributed by atoms with Crippen LogP contribution >= 0.6 is 0 Å². The van der Waals surface area contributed by atoms with Gasteiger partial charge in [-0.3, -0.25) is 9.11 Å². The molecule has 0 unspecified atom stereocenters. The summed E-state index contributed by atoms with van der Waals surface area (Å²) in [6.45, 7) is 16.2. The Kier molecular flexibility index (Phi) is 17.9. The van der Waals surface area contributed by atoms with E-state index in [0.29, 0.717) is 24.9 Å². The van der Waals surface area contributed by atoms with Crippen molar-refractivity contribution in [3.05, 3.63) is 0 Å². The molecule has 40 heavy (non-hydrogen) atoms. The van der Waals surface area contributed by atoms with Crippen LogP contribution < -0.4 is 22.3 Å². The largest absolute Gasteiger partial charge is 0.444 e. The summed E-state index contributed by atoms with van der Waals surface area (Å²) in [5, 5.41) is 12.7. The lowest BCUT2D eigenvalue weighted by Gasteiger charge is -2.30. The third kappa shape index (κ3) is 22.0. The van der Waals surface area contributed by atoms with Crippen molar-refractivity contribution in [3.63, 3.8) is 0 Å². The van der Waals surface area contributed by atoms with Gasteiger partial charge in [0.25, 0.3) is 11.4 Å². The van der Waals surface area contributed by atoms with Crippen LogP contribution in [0.5, 0.6) is 0 Å². The van der Waals surface area contributed by atoms with Crippen LogP contribution in [0, 0.1) is 11.8 Å². The number of alkyl carbamates (subject to hydrolysis) is 2. The first-order valence-corrected chi connectivity index (χ1v) is 14.3. The molecule has 2 aliphatic rings. The van der Waals surface area contributed by atoms with E-state index >= 15 is 0 Å². The van der Waals surface area contributed by atoms with Gasteiger partial charge in [-0.1, -0.05) is 0 Å². The third-order valence-corrected chi connectivity index (χ3v) is 5.63. The van der Waals surface area contributed by atoms with Gasteiger partial charge in [0, 0.05) is 39.3 Å². The number of ether oxygens (including phenoxy) is 2. The van der Waals surface area contributed by atoms with Crippen LogP contribution in [0.1, 0.15) is 67.2 Å². The van der Waals surface area contributed by atoms with E-state index in [9.17, 15) is 9.59 Å². The highest BCUT2D eigenvalue weighted by Gasteiger charge is 2.21. The van der Waals surface area contributed by atoms with Crippen molar-refractivity contribution in [1.29, 1.82) is 0 Å². The van der Waals surface area contributed by atoms with Gasteiger partial charge in [0.1, 0.15) is 23.9 Å². The van der Waals surface area contributed by atoms with Crippen LogP contribution in [0.15, 0.2) is 10.2 Å². The Balaban J connectivity index is 0.000000671. The summed E-state index contributed by atoms with van der Waals surface area (Å²) < 4.78 is 33.2. The number of nitrogens with zero attached hydrogens (tertiary/aromatic N) is 4. The van der Waals surface area contributed by atoms with Crippen molar-refractivity contribution in [2.24, 2.45) is 33.7 Å². The SMILES string of the molecule is CC(C)(C)OC(=O)NCC1CCN(C=NN)CC1.CC(C)(C)OC(=O)NCC1CCN(C=NN)CC1.O=S(O)O. The second-order valence-corrected chi connectivity index (χ2v) is 11.9. The Morgan fingerprint density at radius 2 is 1.07 bits per heavy atom. The molecular weight excluding hydrogens is 544 g/mol. The Hall–Kier alpha value is -2.85. The lowest BCUT2D eigenvalue weighted by molar-refractivity contribution is 0.0502. The van der Waals surface area contributed by atoms with E-state index in [1.165, 1.54) is 0 Å². The summed E-state index contributed by atoms with van der Waals surface area (Å²) >= 11 is -2.61. The monoisotopic (exact) mass is 594 g/mol. The first-order chi connectivity index (χ1) is 18.5. The molecule has 0 aromatic carbocycles. The summed E-state index contributed by atoms with van der Waals surface area (Å²) in [7, 11) is 0. The number of hydrazone groups is 2. The summed E-state index contributed by atoms with van der Waals surface area (Å²) in [4.78, 5) is 27.1. The fraction of sp³-hybridized carbons (Fsp3) is 0.833. The van der Waals surface area contributed by atoms with E-state index in [1.807, 2.05) is 41.5 Å². The molecule has 2 fully saturated rings. The Morgan fingerprint density at radius 1 is 0.800 bits per heavy atom. The van der Waals surface area contributed by atoms with E-state index in [1.54, 1.807) is 12.7 Å². The normalized spacial score (nSPS) is 17.1. The number of hydrogen-bond acceptors (Lipinski definition) is 9. The van der Waals surface area contributed by atoms with Gasteiger partial charge in [-0.25, -0.2) is 9.59 Å². The molecule has 15 nitrogen and oxygen atoms in total. The average molecular weight is 595 g/mol. The molecule has 2 heterocycles. The minimum absolute atomic E-state index is 0.339. The zero-order valence-electron chi connectivity index (χ0n) is 24.7. The van der Waals surface area contributed by atoms with Gasteiger partial charge in [0.05, 0.1) is 0 Å². The molecule has 0 bridgehead atoms. The standard InChI is InChI=1S/2C12H24N4O2.H2O3S/c2*1-12(2,3)18-11(17)14-8-10-4-6-16(7-5-10)9-15-13;1-4(2)3/h2*9-10H,4-8,13H2,1-3H3,(H,14,17);(H2,1,2,3). The van der Waals surface area contributed by atoms with Gasteiger partial charge >= 0.3 is 12.2 Å². The Labute approximate surface area is 240 Å². The van der Waals surface area contributed by atoms with Gasteiger partial charge in [0.2, 0.25) is 0 Å². The molecular formula is C24H50N8O7S. The van der Waals surface area contributed by atoms with E-state index in [2.05, 4.69) is 30.6 Å². The number of rotatable bonds is 6. The highest BCUT2D eigenvalue weighted by molar-refractivity contribution is 7.73. The molecule has 16 heteroatoms. The van der Waals surface area contributed by atoms with Gasteiger partial charge in [-0.15, -0.1) is 0 Å². The molecule has 0 aliphatic carbocycles. The first kappa shape index (κ1) is 37.1. The predicted molar refractivity (Wildman–Crippen MR) is 156 cm³/mol. The zero-order valence-corrected chi connectivity index (χ0v) is 25.5. The summed E-state index contributed by atoms with van der Waals surface area (Å²) in [6, 6.07) is 0. The lowest BCUT2D eigenvalue weighted by Crippen LogP contribution is -2.39. The van der Waals surface area contributed by atoms with E-state index in [4.69, 9.17) is 34.5 Å². The first-order valence-electron chi connectivity index (χ1n) is 13.2. The van der Waals surface area contributed by atoms with Crippen molar-refractivity contribution in [2.75, 3.05) is 39.3 Å². The number of nitrogens with two attached hydrogens (primary N) is 2. The maximum Gasteiger partial charge on any atom is 0.407 e. The molecule has 234 valence electrons. The van der Waals surface area contributed by atoms with Crippen molar-refractivity contribution < 1.29 is 32.4 Å². The van der Waals surface area contributed by atoms with Gasteiger partial charge < -0.3 is 41.6 Å². The molecule has 0 atom stereocenters. The van der Waals surface area contributed by atoms with Crippen LogP contribution in [0.25, 0.3) is 0 Å². The predicted octanol–water partition coefficient (Wildman–Crippen LogP) is 1.93. The van der Waals surface area contributed by atoms with Crippen LogP contribution in [0.4, 0.5) is 9.59 Å². The van der Waals surface area contributed by atoms with E-state index in [0.717, 1.165) is 51.9 Å². The number of likely N-dealkylation sites (tertiary alicyclic amines) is 2. The van der Waals surface area contributed by atoms with Crippen molar-refractivity contribution >= 4 is 36.2 Å². The van der Waals surface area contributed by atoms with Crippen LogP contribution in [0.3, 0.4) is 0 Å². The van der Waals surface area contributed by atoms with Gasteiger partial charge in [0.15, 0.2) is 0 Å². The molecule has 8 N–H and O–H groups in total. The van der Waals surface area contributed by atoms with Gasteiger partial charge in [-0.2, -0.15) is 14.4 Å². The summed E-state index contributed by atoms with van der Waals surface area (Å²) in [5.41, 5.74) is -0.879. The topological polar surface area (TPSA) is 217 Å². The maximum atomic E-state index is 11.5. The second kappa shape index (κ2) is 19.3. The average Bonchev–Trinajstić information content (AvgIpc) is 2.82. The fourth-order valence-electron chi connectivity index (χ4n) is 3.82. The van der Waals surface area contributed by atoms with Crippen molar-refractivity contribution in [3.8, 4) is 0 Å². The maximum absolute atomic E-state index is 11.5. The fourth-order valence-corrected chi connectivity index (χ4v) is 3.82. The second-order valence-electron chi connectivity index (χ2n) is 11.5. The number of piperidine rings is 2. The van der Waals surface area contributed by atoms with Crippen molar-refractivity contribution in [2.45, 2.75) is 78.4 Å². The molecule has 2 saturated heterocycles. The summed E-state index contributed by atoms with van der Waals surface area (Å²) in [6.07, 6.45) is 6.77. The number of nitrogens with one attached hydrogen (secondary N) is 2. The number of carbonyl (C=O) groups excluding carboxylic acids is 2. The molecule has 2 aliphatic heterocycles. The highest BCUT2D eigenvalue weighted by Crippen LogP contribution is 2.16. The highest BCUT2D eigenvalue weighted by atomic mass is 32.2. The number of carbonyl (C=O) groups is 2. The molecule has 2 amide bonds. The van der Waals surface area contributed by atoms with Gasteiger partial charge in [-0.05, 0) is 79.1 Å². The number of amides is 2. The molecule has 0 aromatic rings.